The van der Waals surface area contributed by atoms with E-state index in [2.05, 4.69) is 10.1 Å². The van der Waals surface area contributed by atoms with Crippen molar-refractivity contribution in [3.8, 4) is 0 Å². The highest BCUT2D eigenvalue weighted by Gasteiger charge is 2.07. The summed E-state index contributed by atoms with van der Waals surface area (Å²) in [4.78, 5) is 36.7. The molecular weight excluding hydrogens is 186 g/mol. The normalized spacial score (nSPS) is 10.6. The molecule has 14 heavy (non-hydrogen) atoms. The van der Waals surface area contributed by atoms with Gasteiger partial charge in [0.25, 0.3) is 11.1 Å². The maximum absolute atomic E-state index is 11.5. The molecule has 0 atom stereocenters. The Morgan fingerprint density at radius 3 is 2.71 bits per heavy atom. The first-order valence-electron chi connectivity index (χ1n) is 3.92. The second-order valence-corrected chi connectivity index (χ2v) is 2.90. The highest BCUT2D eigenvalue weighted by molar-refractivity contribution is 5.75. The first kappa shape index (κ1) is 8.49. The molecule has 0 aliphatic carbocycles. The molecule has 6 nitrogen and oxygen atoms in total. The molecule has 72 valence electrons. The van der Waals surface area contributed by atoms with Crippen molar-refractivity contribution in [3.63, 3.8) is 0 Å². The molecule has 0 aliphatic heterocycles. The second kappa shape index (κ2) is 2.69. The van der Waals surface area contributed by atoms with Crippen LogP contribution in [0.4, 0.5) is 0 Å². The highest BCUT2D eigenvalue weighted by atomic mass is 16.2. The first-order valence-corrected chi connectivity index (χ1v) is 3.92. The third-order valence-corrected chi connectivity index (χ3v) is 1.97. The highest BCUT2D eigenvalue weighted by Crippen LogP contribution is 1.90. The molecule has 0 spiro atoms. The number of aromatic nitrogens is 3. The van der Waals surface area contributed by atoms with E-state index in [1.54, 1.807) is 0 Å². The van der Waals surface area contributed by atoms with E-state index in [0.29, 0.717) is 0 Å². The largest absolute Gasteiger partial charge is 0.356 e. The van der Waals surface area contributed by atoms with Gasteiger partial charge in [-0.25, -0.2) is 0 Å². The Morgan fingerprint density at radius 2 is 2.00 bits per heavy atom. The Morgan fingerprint density at radius 1 is 1.29 bits per heavy atom. The van der Waals surface area contributed by atoms with Gasteiger partial charge in [0.1, 0.15) is 10.9 Å². The molecule has 2 N–H and O–H groups in total. The van der Waals surface area contributed by atoms with E-state index in [1.807, 2.05) is 0 Å². The van der Waals surface area contributed by atoms with Crippen molar-refractivity contribution in [1.29, 1.82) is 0 Å². The number of rotatable bonds is 0. The van der Waals surface area contributed by atoms with Gasteiger partial charge in [0.15, 0.2) is 5.43 Å². The Labute approximate surface area is 76.8 Å². The molecular formula is C8H7N3O3. The zero-order valence-electron chi connectivity index (χ0n) is 7.33. The number of pyridine rings is 1. The van der Waals surface area contributed by atoms with Crippen LogP contribution in [0.2, 0.25) is 0 Å². The van der Waals surface area contributed by atoms with Crippen molar-refractivity contribution in [2.45, 2.75) is 0 Å². The lowest BCUT2D eigenvalue weighted by Gasteiger charge is -1.98. The van der Waals surface area contributed by atoms with E-state index in [1.165, 1.54) is 19.3 Å². The summed E-state index contributed by atoms with van der Waals surface area (Å²) in [5, 5.41) is 2.17. The maximum atomic E-state index is 11.5. The van der Waals surface area contributed by atoms with Crippen LogP contribution in [-0.2, 0) is 7.05 Å². The molecule has 6 heteroatoms. The lowest BCUT2D eigenvalue weighted by atomic mass is 10.3. The van der Waals surface area contributed by atoms with E-state index in [-0.39, 0.29) is 10.9 Å². The quantitative estimate of drug-likeness (QED) is 0.557. The Balaban J connectivity index is 3.29. The van der Waals surface area contributed by atoms with Crippen LogP contribution in [0, 0.1) is 0 Å². The average molecular weight is 193 g/mol. The number of hydrogen-bond acceptors (Lipinski definition) is 3. The third-order valence-electron chi connectivity index (χ3n) is 1.97. The molecule has 0 unspecified atom stereocenters. The monoisotopic (exact) mass is 193 g/mol. The summed E-state index contributed by atoms with van der Waals surface area (Å²) in [5.41, 5.74) is -1.44. The van der Waals surface area contributed by atoms with Gasteiger partial charge in [-0.3, -0.25) is 24.2 Å². The molecule has 2 heterocycles. The van der Waals surface area contributed by atoms with E-state index in [9.17, 15) is 14.4 Å². The summed E-state index contributed by atoms with van der Waals surface area (Å²) in [6.45, 7) is 0. The molecule has 0 bridgehead atoms. The average Bonchev–Trinajstić information content (AvgIpc) is 2.14. The van der Waals surface area contributed by atoms with E-state index < -0.39 is 16.5 Å². The van der Waals surface area contributed by atoms with Crippen LogP contribution >= 0.6 is 0 Å². The molecule has 0 saturated heterocycles. The van der Waals surface area contributed by atoms with Crippen LogP contribution in [0.5, 0.6) is 0 Å². The van der Waals surface area contributed by atoms with Crippen molar-refractivity contribution in [3.05, 3.63) is 43.2 Å². The number of fused-ring (bicyclic) bond motifs is 1. The molecule has 2 aromatic rings. The summed E-state index contributed by atoms with van der Waals surface area (Å²) in [7, 11) is 1.38. The Kier molecular flexibility index (Phi) is 1.63. The lowest BCUT2D eigenvalue weighted by Crippen LogP contribution is -2.31. The number of aromatic amines is 2. The topological polar surface area (TPSA) is 87.7 Å². The number of aryl methyl sites for hydroxylation is 1. The van der Waals surface area contributed by atoms with Crippen molar-refractivity contribution in [2.24, 2.45) is 7.05 Å². The number of hydrogen-bond donors (Lipinski definition) is 2. The molecule has 2 rings (SSSR count). The van der Waals surface area contributed by atoms with Crippen LogP contribution in [0.3, 0.4) is 0 Å². The minimum absolute atomic E-state index is 0.0144. The fourth-order valence-electron chi connectivity index (χ4n) is 1.30. The SMILES string of the molecule is Cn1[nH]c(=O)c2[nH]ccc(=O)c2c1=O. The van der Waals surface area contributed by atoms with Gasteiger partial charge >= 0.3 is 0 Å². The predicted molar refractivity (Wildman–Crippen MR) is 50.4 cm³/mol. The number of nitrogens with one attached hydrogen (secondary N) is 2. The minimum atomic E-state index is -0.513. The zero-order chi connectivity index (χ0) is 10.3. The Bertz CT molecular complexity index is 662. The summed E-state index contributed by atoms with van der Waals surface area (Å²) in [6.07, 6.45) is 1.33. The third kappa shape index (κ3) is 1.00. The van der Waals surface area contributed by atoms with Crippen LogP contribution in [0.15, 0.2) is 26.6 Å². The summed E-state index contributed by atoms with van der Waals surface area (Å²) >= 11 is 0. The van der Waals surface area contributed by atoms with Gasteiger partial charge in [-0.15, -0.1) is 0 Å². The van der Waals surface area contributed by atoms with Crippen molar-refractivity contribution < 1.29 is 0 Å². The Hall–Kier alpha value is -2.11. The van der Waals surface area contributed by atoms with Gasteiger partial charge < -0.3 is 4.98 Å². The summed E-state index contributed by atoms with van der Waals surface area (Å²) in [6, 6.07) is 1.21. The summed E-state index contributed by atoms with van der Waals surface area (Å²) in [5.74, 6) is 0. The molecule has 2 aromatic heterocycles. The van der Waals surface area contributed by atoms with Gasteiger partial charge in [0, 0.05) is 19.3 Å². The van der Waals surface area contributed by atoms with Crippen LogP contribution in [0.1, 0.15) is 0 Å². The number of nitrogens with zero attached hydrogens (tertiary/aromatic N) is 1. The molecule has 0 fully saturated rings. The molecule has 0 radical (unpaired) electrons. The van der Waals surface area contributed by atoms with Gasteiger partial charge in [-0.1, -0.05) is 0 Å². The van der Waals surface area contributed by atoms with Gasteiger partial charge in [0.2, 0.25) is 0 Å². The molecule has 0 saturated carbocycles. The van der Waals surface area contributed by atoms with Crippen LogP contribution in [0.25, 0.3) is 10.9 Å². The van der Waals surface area contributed by atoms with Crippen molar-refractivity contribution in [2.75, 3.05) is 0 Å². The van der Waals surface area contributed by atoms with E-state index >= 15 is 0 Å². The first-order chi connectivity index (χ1) is 6.61. The smallest absolute Gasteiger partial charge is 0.287 e. The maximum Gasteiger partial charge on any atom is 0.287 e. The van der Waals surface area contributed by atoms with Gasteiger partial charge in [0.05, 0.1) is 0 Å². The van der Waals surface area contributed by atoms with Crippen molar-refractivity contribution >= 4 is 10.9 Å². The standard InChI is InChI=1S/C8H7N3O3/c1-11-8(14)5-4(12)2-3-9-6(5)7(13)10-11/h2-3H,1H3,(H,9,12)(H,10,13). The van der Waals surface area contributed by atoms with Crippen LogP contribution in [-0.4, -0.2) is 14.8 Å². The number of H-pyrrole nitrogens is 2. The predicted octanol–water partition coefficient (Wildman–Crippen LogP) is -1.08. The second-order valence-electron chi connectivity index (χ2n) is 2.90. The fourth-order valence-corrected chi connectivity index (χ4v) is 1.30. The fraction of sp³-hybridized carbons (Fsp3) is 0.125. The van der Waals surface area contributed by atoms with Gasteiger partial charge in [-0.05, 0) is 0 Å². The van der Waals surface area contributed by atoms with Gasteiger partial charge in [-0.2, -0.15) is 0 Å². The van der Waals surface area contributed by atoms with E-state index in [4.69, 9.17) is 0 Å². The van der Waals surface area contributed by atoms with Crippen molar-refractivity contribution in [1.82, 2.24) is 14.8 Å². The van der Waals surface area contributed by atoms with Crippen LogP contribution < -0.4 is 16.5 Å². The zero-order valence-corrected chi connectivity index (χ0v) is 7.33. The molecule has 0 amide bonds. The molecule has 0 aromatic carbocycles. The summed E-state index contributed by atoms with van der Waals surface area (Å²) < 4.78 is 0.986. The lowest BCUT2D eigenvalue weighted by molar-refractivity contribution is 0.702. The minimum Gasteiger partial charge on any atom is -0.356 e. The van der Waals surface area contributed by atoms with E-state index in [0.717, 1.165) is 4.68 Å². The molecule has 0 aliphatic rings.